The summed E-state index contributed by atoms with van der Waals surface area (Å²) in [4.78, 5) is 8.92. The van der Waals surface area contributed by atoms with Crippen LogP contribution in [0.1, 0.15) is 15.4 Å². The van der Waals surface area contributed by atoms with Gasteiger partial charge in [-0.3, -0.25) is 4.98 Å². The molecule has 84 valence electrons. The molecule has 0 saturated heterocycles. The molecule has 0 aromatic carbocycles. The first-order valence-corrected chi connectivity index (χ1v) is 5.77. The van der Waals surface area contributed by atoms with E-state index in [4.69, 9.17) is 5.73 Å². The average molecular weight is 242 g/mol. The van der Waals surface area contributed by atoms with E-state index in [1.165, 1.54) is 11.3 Å². The molecular formula is C12H10N4S. The van der Waals surface area contributed by atoms with Gasteiger partial charge in [0.2, 0.25) is 0 Å². The van der Waals surface area contributed by atoms with Crippen molar-refractivity contribution >= 4 is 22.6 Å². The molecule has 5 heteroatoms. The lowest BCUT2D eigenvalue weighted by Crippen LogP contribution is -1.98. The third-order valence-corrected chi connectivity index (χ3v) is 3.16. The fraction of sp³-hybridized carbons (Fsp3) is 0.0833. The van der Waals surface area contributed by atoms with Crippen LogP contribution in [0.3, 0.4) is 0 Å². The van der Waals surface area contributed by atoms with Gasteiger partial charge in [0.25, 0.3) is 0 Å². The smallest absolute Gasteiger partial charge is 0.102 e. The zero-order valence-corrected chi connectivity index (χ0v) is 10.0. The summed E-state index contributed by atoms with van der Waals surface area (Å²) < 4.78 is 0. The Hall–Kier alpha value is -2.19. The first-order valence-electron chi connectivity index (χ1n) is 4.95. The van der Waals surface area contributed by atoms with Crippen LogP contribution in [0, 0.1) is 18.3 Å². The van der Waals surface area contributed by atoms with Crippen LogP contribution < -0.4 is 5.73 Å². The van der Waals surface area contributed by atoms with Crippen molar-refractivity contribution in [3.05, 3.63) is 46.2 Å². The Morgan fingerprint density at radius 2 is 2.29 bits per heavy atom. The maximum atomic E-state index is 9.19. The highest BCUT2D eigenvalue weighted by atomic mass is 32.1. The minimum atomic E-state index is 0.432. The van der Waals surface area contributed by atoms with Crippen LogP contribution in [0.15, 0.2) is 30.7 Å². The molecule has 4 nitrogen and oxygen atoms in total. The Morgan fingerprint density at radius 3 is 2.82 bits per heavy atom. The summed E-state index contributed by atoms with van der Waals surface area (Å²) in [6.45, 7) is 1.90. The minimum Gasteiger partial charge on any atom is -0.396 e. The van der Waals surface area contributed by atoms with E-state index in [0.29, 0.717) is 11.3 Å². The number of allylic oxidation sites excluding steroid dienone is 1. The molecule has 0 amide bonds. The van der Waals surface area contributed by atoms with Crippen molar-refractivity contribution in [2.45, 2.75) is 6.92 Å². The van der Waals surface area contributed by atoms with Gasteiger partial charge in [0, 0.05) is 24.2 Å². The van der Waals surface area contributed by atoms with E-state index in [1.807, 2.05) is 13.0 Å². The Labute approximate surface area is 103 Å². The quantitative estimate of drug-likeness (QED) is 0.819. The van der Waals surface area contributed by atoms with Crippen molar-refractivity contribution in [1.82, 2.24) is 9.97 Å². The second-order valence-electron chi connectivity index (χ2n) is 3.39. The van der Waals surface area contributed by atoms with E-state index in [-0.39, 0.29) is 0 Å². The van der Waals surface area contributed by atoms with Gasteiger partial charge in [-0.05, 0) is 13.0 Å². The van der Waals surface area contributed by atoms with E-state index in [1.54, 1.807) is 24.7 Å². The van der Waals surface area contributed by atoms with Gasteiger partial charge in [-0.2, -0.15) is 5.26 Å². The second-order valence-corrected chi connectivity index (χ2v) is 4.62. The van der Waals surface area contributed by atoms with Gasteiger partial charge < -0.3 is 5.73 Å². The van der Waals surface area contributed by atoms with Crippen LogP contribution in [0.4, 0.5) is 0 Å². The normalized spacial score (nSPS) is 11.8. The zero-order valence-electron chi connectivity index (χ0n) is 9.21. The lowest BCUT2D eigenvalue weighted by atomic mass is 10.1. The molecule has 0 radical (unpaired) electrons. The Balaban J connectivity index is 2.52. The highest BCUT2D eigenvalue weighted by molar-refractivity contribution is 7.12. The van der Waals surface area contributed by atoms with E-state index in [0.717, 1.165) is 15.4 Å². The lowest BCUT2D eigenvalue weighted by molar-refractivity contribution is 1.29. The highest BCUT2D eigenvalue weighted by Crippen LogP contribution is 2.25. The van der Waals surface area contributed by atoms with Crippen LogP contribution in [-0.2, 0) is 0 Å². The van der Waals surface area contributed by atoms with Crippen LogP contribution in [-0.4, -0.2) is 9.97 Å². The molecule has 2 N–H and O–H groups in total. The van der Waals surface area contributed by atoms with Crippen molar-refractivity contribution in [3.63, 3.8) is 0 Å². The number of nitrogens with zero attached hydrogens (tertiary/aromatic N) is 3. The Bertz CT molecular complexity index is 592. The van der Waals surface area contributed by atoms with Gasteiger partial charge in [0.05, 0.1) is 21.2 Å². The van der Waals surface area contributed by atoms with Gasteiger partial charge in [0.15, 0.2) is 0 Å². The maximum Gasteiger partial charge on any atom is 0.102 e. The lowest BCUT2D eigenvalue weighted by Gasteiger charge is -2.02. The van der Waals surface area contributed by atoms with Gasteiger partial charge in [-0.15, -0.1) is 11.3 Å². The number of aryl methyl sites for hydroxylation is 1. The maximum absolute atomic E-state index is 9.19. The third kappa shape index (κ3) is 2.32. The summed E-state index contributed by atoms with van der Waals surface area (Å²) in [6.07, 6.45) is 4.97. The number of hydrogen-bond donors (Lipinski definition) is 1. The molecule has 0 atom stereocenters. The van der Waals surface area contributed by atoms with Crippen LogP contribution >= 0.6 is 11.3 Å². The number of pyridine rings is 1. The average Bonchev–Trinajstić information content (AvgIpc) is 2.78. The molecule has 0 fully saturated rings. The molecule has 0 aliphatic heterocycles. The first kappa shape index (κ1) is 11.3. The summed E-state index contributed by atoms with van der Waals surface area (Å²) in [5.41, 5.74) is 7.60. The van der Waals surface area contributed by atoms with Crippen molar-refractivity contribution in [3.8, 4) is 6.07 Å². The number of hydrogen-bond acceptors (Lipinski definition) is 5. The molecular weight excluding hydrogens is 232 g/mol. The summed E-state index contributed by atoms with van der Waals surface area (Å²) in [7, 11) is 0. The molecule has 0 bridgehead atoms. The second kappa shape index (κ2) is 4.76. The predicted octanol–water partition coefficient (Wildman–Crippen LogP) is 2.20. The molecule has 2 aromatic heterocycles. The molecule has 17 heavy (non-hydrogen) atoms. The fourth-order valence-corrected chi connectivity index (χ4v) is 2.14. The SMILES string of the molecule is Cc1ncc(/C(N)=C(/C#N)c2cccnc2)s1. The van der Waals surface area contributed by atoms with Gasteiger partial charge in [-0.25, -0.2) is 4.98 Å². The monoisotopic (exact) mass is 242 g/mol. The molecule has 0 aliphatic rings. The van der Waals surface area contributed by atoms with Crippen molar-refractivity contribution in [2.24, 2.45) is 5.73 Å². The third-order valence-electron chi connectivity index (χ3n) is 2.22. The van der Waals surface area contributed by atoms with Crippen molar-refractivity contribution < 1.29 is 0 Å². The summed E-state index contributed by atoms with van der Waals surface area (Å²) in [6, 6.07) is 5.71. The number of rotatable bonds is 2. The molecule has 0 saturated carbocycles. The number of nitriles is 1. The molecule has 0 spiro atoms. The first-order chi connectivity index (χ1) is 8.22. The number of aromatic nitrogens is 2. The molecule has 2 aromatic rings. The van der Waals surface area contributed by atoms with Gasteiger partial charge in [-0.1, -0.05) is 6.07 Å². The van der Waals surface area contributed by atoms with Crippen molar-refractivity contribution in [2.75, 3.05) is 0 Å². The predicted molar refractivity (Wildman–Crippen MR) is 67.7 cm³/mol. The standard InChI is InChI=1S/C12H10N4S/c1-8-16-7-11(17-8)12(14)10(5-13)9-3-2-4-15-6-9/h2-4,6-7H,14H2,1H3/b12-10+. The minimum absolute atomic E-state index is 0.432. The molecule has 0 unspecified atom stereocenters. The highest BCUT2D eigenvalue weighted by Gasteiger charge is 2.10. The summed E-state index contributed by atoms with van der Waals surface area (Å²) in [5, 5.41) is 10.1. The van der Waals surface area contributed by atoms with Gasteiger partial charge in [0.1, 0.15) is 6.07 Å². The largest absolute Gasteiger partial charge is 0.396 e. The van der Waals surface area contributed by atoms with Crippen LogP contribution in [0.2, 0.25) is 0 Å². The van der Waals surface area contributed by atoms with Gasteiger partial charge >= 0.3 is 0 Å². The van der Waals surface area contributed by atoms with E-state index in [2.05, 4.69) is 16.0 Å². The Kier molecular flexibility index (Phi) is 3.17. The Morgan fingerprint density at radius 1 is 1.47 bits per heavy atom. The fourth-order valence-electron chi connectivity index (χ4n) is 1.40. The summed E-state index contributed by atoms with van der Waals surface area (Å²) >= 11 is 1.47. The topological polar surface area (TPSA) is 75.6 Å². The van der Waals surface area contributed by atoms with E-state index >= 15 is 0 Å². The number of nitrogens with two attached hydrogens (primary N) is 1. The van der Waals surface area contributed by atoms with E-state index < -0.39 is 0 Å². The van der Waals surface area contributed by atoms with Crippen LogP contribution in [0.25, 0.3) is 11.3 Å². The summed E-state index contributed by atoms with van der Waals surface area (Å²) in [5.74, 6) is 0. The molecule has 2 heterocycles. The van der Waals surface area contributed by atoms with E-state index in [9.17, 15) is 5.26 Å². The van der Waals surface area contributed by atoms with Crippen molar-refractivity contribution in [1.29, 1.82) is 5.26 Å². The zero-order chi connectivity index (χ0) is 12.3. The number of thiazole rings is 1. The van der Waals surface area contributed by atoms with Crippen LogP contribution in [0.5, 0.6) is 0 Å². The molecule has 2 rings (SSSR count). The molecule has 0 aliphatic carbocycles.